The lowest BCUT2D eigenvalue weighted by Gasteiger charge is -2.34. The number of aromatic nitrogens is 2. The van der Waals surface area contributed by atoms with E-state index >= 15 is 0 Å². The zero-order valence-electron chi connectivity index (χ0n) is 11.9. The largest absolute Gasteiger partial charge is 0.393 e. The Morgan fingerprint density at radius 3 is 2.77 bits per heavy atom. The number of amides is 1. The van der Waals surface area contributed by atoms with E-state index < -0.39 is 0 Å². The van der Waals surface area contributed by atoms with Crippen LogP contribution in [0.15, 0.2) is 34.8 Å². The van der Waals surface area contributed by atoms with Crippen LogP contribution in [0.25, 0.3) is 11.3 Å². The molecule has 0 radical (unpaired) electrons. The monoisotopic (exact) mass is 361 g/mol. The van der Waals surface area contributed by atoms with Gasteiger partial charge in [0, 0.05) is 29.0 Å². The number of aliphatic hydroxyl groups is 1. The number of H-pyrrole nitrogens is 1. The summed E-state index contributed by atoms with van der Waals surface area (Å²) in [6.07, 6.45) is 0.588. The Balaban J connectivity index is 1.51. The summed E-state index contributed by atoms with van der Waals surface area (Å²) in [5.41, 5.74) is 2.24. The first kappa shape index (κ1) is 14.0. The fourth-order valence-electron chi connectivity index (χ4n) is 3.41. The zero-order chi connectivity index (χ0) is 15.3. The highest BCUT2D eigenvalue weighted by Crippen LogP contribution is 2.41. The number of halogens is 1. The Morgan fingerprint density at radius 2 is 2.09 bits per heavy atom. The molecule has 1 aromatic heterocycles. The first-order valence-corrected chi connectivity index (χ1v) is 8.20. The molecular formula is C16H16BrN3O2. The topological polar surface area (TPSA) is 69.2 Å². The van der Waals surface area contributed by atoms with Gasteiger partial charge in [0.05, 0.1) is 11.8 Å². The molecule has 114 valence electrons. The third-order valence-corrected chi connectivity index (χ3v) is 5.29. The summed E-state index contributed by atoms with van der Waals surface area (Å²) in [6.45, 7) is 1.39. The van der Waals surface area contributed by atoms with E-state index in [4.69, 9.17) is 0 Å². The van der Waals surface area contributed by atoms with Gasteiger partial charge in [-0.2, -0.15) is 5.10 Å². The number of nitrogens with one attached hydrogen (secondary N) is 1. The molecule has 0 bridgehead atoms. The minimum atomic E-state index is -0.233. The number of likely N-dealkylation sites (tertiary alicyclic amines) is 1. The number of hydrogen-bond acceptors (Lipinski definition) is 3. The summed E-state index contributed by atoms with van der Waals surface area (Å²) < 4.78 is 1.01. The highest BCUT2D eigenvalue weighted by Gasteiger charge is 2.47. The molecule has 1 aliphatic heterocycles. The van der Waals surface area contributed by atoms with E-state index in [9.17, 15) is 9.90 Å². The normalized spacial score (nSPS) is 26.6. The summed E-state index contributed by atoms with van der Waals surface area (Å²) in [4.78, 5) is 14.4. The van der Waals surface area contributed by atoms with Crippen molar-refractivity contribution in [1.82, 2.24) is 15.1 Å². The lowest BCUT2D eigenvalue weighted by Crippen LogP contribution is -2.39. The second-order valence-electron chi connectivity index (χ2n) is 6.11. The van der Waals surface area contributed by atoms with Crippen LogP contribution < -0.4 is 0 Å². The smallest absolute Gasteiger partial charge is 0.271 e. The molecule has 2 aromatic rings. The van der Waals surface area contributed by atoms with Crippen molar-refractivity contribution in [2.24, 2.45) is 11.8 Å². The van der Waals surface area contributed by atoms with Crippen LogP contribution in [-0.2, 0) is 0 Å². The standard InChI is InChI=1S/C16H16BrN3O2/c17-11-3-1-9(2-4-11)13-6-14(19-18-13)16(22)20-7-10-5-15(21)12(10)8-20/h1-4,6,10,12,15,21H,5,7-8H2,(H,18,19). The molecule has 1 saturated carbocycles. The number of carbonyl (C=O) groups is 1. The summed E-state index contributed by atoms with van der Waals surface area (Å²) >= 11 is 3.40. The summed E-state index contributed by atoms with van der Waals surface area (Å²) in [5, 5.41) is 16.8. The van der Waals surface area contributed by atoms with Crippen molar-refractivity contribution in [1.29, 1.82) is 0 Å². The van der Waals surface area contributed by atoms with Crippen molar-refractivity contribution in [3.8, 4) is 11.3 Å². The van der Waals surface area contributed by atoms with E-state index in [1.165, 1.54) is 0 Å². The average Bonchev–Trinajstić information content (AvgIpc) is 3.12. The molecule has 1 saturated heterocycles. The van der Waals surface area contributed by atoms with Crippen LogP contribution in [-0.4, -0.2) is 45.3 Å². The van der Waals surface area contributed by atoms with E-state index in [0.717, 1.165) is 28.7 Å². The Morgan fingerprint density at radius 1 is 1.32 bits per heavy atom. The van der Waals surface area contributed by atoms with E-state index in [-0.39, 0.29) is 17.9 Å². The van der Waals surface area contributed by atoms with Crippen LogP contribution in [0.3, 0.4) is 0 Å². The Hall–Kier alpha value is -1.66. The van der Waals surface area contributed by atoms with Crippen molar-refractivity contribution in [3.05, 3.63) is 40.5 Å². The SMILES string of the molecule is O=C(c1cc(-c2ccc(Br)cc2)n[nH]1)N1CC2CC(O)C2C1. The third kappa shape index (κ3) is 2.27. The molecule has 2 N–H and O–H groups in total. The molecule has 22 heavy (non-hydrogen) atoms. The van der Waals surface area contributed by atoms with Gasteiger partial charge < -0.3 is 10.0 Å². The average molecular weight is 362 g/mol. The van der Waals surface area contributed by atoms with Crippen LogP contribution in [0, 0.1) is 11.8 Å². The van der Waals surface area contributed by atoms with Gasteiger partial charge in [0.2, 0.25) is 0 Å². The molecule has 3 unspecified atom stereocenters. The van der Waals surface area contributed by atoms with Crippen molar-refractivity contribution in [3.63, 3.8) is 0 Å². The molecule has 2 fully saturated rings. The van der Waals surface area contributed by atoms with Gasteiger partial charge in [-0.05, 0) is 30.5 Å². The van der Waals surface area contributed by atoms with Gasteiger partial charge in [0.1, 0.15) is 5.69 Å². The Kier molecular flexibility index (Phi) is 3.31. The Labute approximate surface area is 136 Å². The summed E-state index contributed by atoms with van der Waals surface area (Å²) in [5.74, 6) is 0.697. The second kappa shape index (κ2) is 5.21. The van der Waals surface area contributed by atoms with Crippen LogP contribution in [0.4, 0.5) is 0 Å². The predicted octanol–water partition coefficient (Wildman–Crippen LogP) is 2.29. The van der Waals surface area contributed by atoms with E-state index in [1.54, 1.807) is 6.07 Å². The highest BCUT2D eigenvalue weighted by molar-refractivity contribution is 9.10. The second-order valence-corrected chi connectivity index (χ2v) is 7.03. The van der Waals surface area contributed by atoms with Gasteiger partial charge >= 0.3 is 0 Å². The van der Waals surface area contributed by atoms with Crippen molar-refractivity contribution >= 4 is 21.8 Å². The molecule has 4 rings (SSSR count). The fraction of sp³-hybridized carbons (Fsp3) is 0.375. The zero-order valence-corrected chi connectivity index (χ0v) is 13.5. The Bertz CT molecular complexity index is 712. The number of nitrogens with zero attached hydrogens (tertiary/aromatic N) is 2. The van der Waals surface area contributed by atoms with E-state index in [2.05, 4.69) is 26.1 Å². The number of benzene rings is 1. The molecule has 1 aromatic carbocycles. The van der Waals surface area contributed by atoms with Gasteiger partial charge in [0.15, 0.2) is 0 Å². The number of fused-ring (bicyclic) bond motifs is 1. The number of rotatable bonds is 2. The lowest BCUT2D eigenvalue weighted by molar-refractivity contribution is -0.00427. The number of aromatic amines is 1. The number of aliphatic hydroxyl groups excluding tert-OH is 1. The molecule has 0 spiro atoms. The lowest BCUT2D eigenvalue weighted by atomic mass is 9.74. The number of hydrogen-bond donors (Lipinski definition) is 2. The minimum absolute atomic E-state index is 0.0301. The van der Waals surface area contributed by atoms with Gasteiger partial charge in [-0.15, -0.1) is 0 Å². The molecule has 1 aliphatic carbocycles. The first-order valence-electron chi connectivity index (χ1n) is 7.40. The van der Waals surface area contributed by atoms with Crippen LogP contribution >= 0.6 is 15.9 Å². The molecule has 3 atom stereocenters. The van der Waals surface area contributed by atoms with E-state index in [0.29, 0.717) is 18.2 Å². The number of carbonyl (C=O) groups excluding carboxylic acids is 1. The van der Waals surface area contributed by atoms with Gasteiger partial charge in [-0.3, -0.25) is 9.89 Å². The van der Waals surface area contributed by atoms with E-state index in [1.807, 2.05) is 29.2 Å². The van der Waals surface area contributed by atoms with Gasteiger partial charge in [0.25, 0.3) is 5.91 Å². The predicted molar refractivity (Wildman–Crippen MR) is 85.2 cm³/mol. The molecular weight excluding hydrogens is 346 g/mol. The molecule has 2 heterocycles. The highest BCUT2D eigenvalue weighted by atomic mass is 79.9. The summed E-state index contributed by atoms with van der Waals surface area (Å²) in [7, 11) is 0. The molecule has 1 amide bonds. The fourth-order valence-corrected chi connectivity index (χ4v) is 3.67. The summed E-state index contributed by atoms with van der Waals surface area (Å²) in [6, 6.07) is 9.61. The van der Waals surface area contributed by atoms with Crippen molar-refractivity contribution in [2.45, 2.75) is 12.5 Å². The van der Waals surface area contributed by atoms with Crippen LogP contribution in [0.2, 0.25) is 0 Å². The van der Waals surface area contributed by atoms with Gasteiger partial charge in [-0.1, -0.05) is 28.1 Å². The maximum atomic E-state index is 12.5. The van der Waals surface area contributed by atoms with Crippen molar-refractivity contribution < 1.29 is 9.90 Å². The molecule has 5 nitrogen and oxygen atoms in total. The minimum Gasteiger partial charge on any atom is -0.393 e. The first-order chi connectivity index (χ1) is 10.6. The molecule has 6 heteroatoms. The van der Waals surface area contributed by atoms with Crippen LogP contribution in [0.1, 0.15) is 16.9 Å². The van der Waals surface area contributed by atoms with Gasteiger partial charge in [-0.25, -0.2) is 0 Å². The van der Waals surface area contributed by atoms with Crippen LogP contribution in [0.5, 0.6) is 0 Å². The maximum absolute atomic E-state index is 12.5. The van der Waals surface area contributed by atoms with Crippen molar-refractivity contribution in [2.75, 3.05) is 13.1 Å². The molecule has 2 aliphatic rings. The maximum Gasteiger partial charge on any atom is 0.271 e. The third-order valence-electron chi connectivity index (χ3n) is 4.77. The quantitative estimate of drug-likeness (QED) is 0.861.